The quantitative estimate of drug-likeness (QED) is 0.811. The molecule has 4 heteroatoms. The van der Waals surface area contributed by atoms with Gasteiger partial charge in [-0.2, -0.15) is 0 Å². The van der Waals surface area contributed by atoms with Crippen LogP contribution >= 0.6 is 0 Å². The van der Waals surface area contributed by atoms with E-state index < -0.39 is 17.5 Å². The van der Waals surface area contributed by atoms with Gasteiger partial charge in [-0.3, -0.25) is 9.59 Å². The highest BCUT2D eigenvalue weighted by Gasteiger charge is 2.59. The zero-order valence-corrected chi connectivity index (χ0v) is 15.2. The summed E-state index contributed by atoms with van der Waals surface area (Å²) in [6.07, 6.45) is 5.22. The molecule has 0 aromatic carbocycles. The lowest BCUT2D eigenvalue weighted by Gasteiger charge is -2.58. The van der Waals surface area contributed by atoms with Gasteiger partial charge in [0.05, 0.1) is 17.4 Å². The Balaban J connectivity index is 2.05. The zero-order valence-electron chi connectivity index (χ0n) is 15.2. The van der Waals surface area contributed by atoms with Crippen LogP contribution in [-0.4, -0.2) is 28.1 Å². The number of carbonyl (C=O) groups is 2. The number of allylic oxidation sites excluding steroid dienone is 1. The maximum atomic E-state index is 12.7. The van der Waals surface area contributed by atoms with Crippen LogP contribution in [0, 0.1) is 34.5 Å². The molecule has 0 aromatic rings. The SMILES string of the molecule is CC(C)C1C(=O)C=C2C(CCC3C(C)(C(=O)O)CCCC23C)C1O. The van der Waals surface area contributed by atoms with Crippen molar-refractivity contribution in [1.29, 1.82) is 0 Å². The number of rotatable bonds is 2. The number of carboxylic acids is 1. The number of aliphatic hydroxyl groups excluding tert-OH is 1. The Morgan fingerprint density at radius 2 is 1.92 bits per heavy atom. The molecule has 24 heavy (non-hydrogen) atoms. The van der Waals surface area contributed by atoms with Crippen molar-refractivity contribution in [2.24, 2.45) is 34.5 Å². The number of hydrogen-bond donors (Lipinski definition) is 2. The van der Waals surface area contributed by atoms with Gasteiger partial charge < -0.3 is 10.2 Å². The summed E-state index contributed by atoms with van der Waals surface area (Å²) in [5.74, 6) is -0.866. The lowest BCUT2D eigenvalue weighted by Crippen LogP contribution is -2.55. The van der Waals surface area contributed by atoms with Gasteiger partial charge in [0.1, 0.15) is 0 Å². The third kappa shape index (κ3) is 2.29. The molecular formula is C20H30O4. The lowest BCUT2D eigenvalue weighted by molar-refractivity contribution is -0.161. The normalized spacial score (nSPS) is 45.4. The van der Waals surface area contributed by atoms with E-state index in [9.17, 15) is 19.8 Å². The molecule has 0 spiro atoms. The standard InChI is InChI=1S/C20H30O4/c1-11(2)16-14(21)10-13-12(17(16)22)6-7-15-19(13,3)8-5-9-20(15,4)18(23)24/h10-12,15-17,22H,5-9H2,1-4H3,(H,23,24). The van der Waals surface area contributed by atoms with Crippen molar-refractivity contribution < 1.29 is 19.8 Å². The molecule has 0 amide bonds. The highest BCUT2D eigenvalue weighted by atomic mass is 16.4. The molecule has 0 aliphatic heterocycles. The largest absolute Gasteiger partial charge is 0.481 e. The van der Waals surface area contributed by atoms with Gasteiger partial charge in [0, 0.05) is 5.92 Å². The smallest absolute Gasteiger partial charge is 0.309 e. The predicted molar refractivity (Wildman–Crippen MR) is 91.3 cm³/mol. The number of carboxylic acid groups (broad SMARTS) is 1. The molecule has 3 aliphatic rings. The van der Waals surface area contributed by atoms with Crippen LogP contribution in [0.5, 0.6) is 0 Å². The Kier molecular flexibility index (Phi) is 4.18. The average molecular weight is 334 g/mol. The van der Waals surface area contributed by atoms with Crippen LogP contribution in [0.3, 0.4) is 0 Å². The summed E-state index contributed by atoms with van der Waals surface area (Å²) in [6, 6.07) is 0. The minimum absolute atomic E-state index is 0.00694. The maximum absolute atomic E-state index is 12.7. The van der Waals surface area contributed by atoms with Crippen molar-refractivity contribution in [2.45, 2.75) is 65.9 Å². The summed E-state index contributed by atoms with van der Waals surface area (Å²) in [6.45, 7) is 7.97. The summed E-state index contributed by atoms with van der Waals surface area (Å²) >= 11 is 0. The highest BCUT2D eigenvalue weighted by Crippen LogP contribution is 2.62. The molecule has 3 rings (SSSR count). The second kappa shape index (κ2) is 5.69. The van der Waals surface area contributed by atoms with Crippen molar-refractivity contribution in [3.05, 3.63) is 11.6 Å². The maximum Gasteiger partial charge on any atom is 0.309 e. The van der Waals surface area contributed by atoms with E-state index >= 15 is 0 Å². The first-order valence-electron chi connectivity index (χ1n) is 9.30. The van der Waals surface area contributed by atoms with Crippen LogP contribution in [0.25, 0.3) is 0 Å². The molecule has 4 nitrogen and oxygen atoms in total. The number of carbonyl (C=O) groups excluding carboxylic acids is 1. The molecule has 134 valence electrons. The van der Waals surface area contributed by atoms with Gasteiger partial charge >= 0.3 is 5.97 Å². The van der Waals surface area contributed by atoms with E-state index in [1.807, 2.05) is 20.8 Å². The van der Waals surface area contributed by atoms with E-state index in [0.717, 1.165) is 31.3 Å². The zero-order chi connectivity index (χ0) is 17.9. The number of fused-ring (bicyclic) bond motifs is 3. The monoisotopic (exact) mass is 334 g/mol. The van der Waals surface area contributed by atoms with Gasteiger partial charge in [-0.25, -0.2) is 0 Å². The molecular weight excluding hydrogens is 304 g/mol. The molecule has 6 unspecified atom stereocenters. The summed E-state index contributed by atoms with van der Waals surface area (Å²) < 4.78 is 0. The van der Waals surface area contributed by atoms with E-state index in [0.29, 0.717) is 6.42 Å². The number of aliphatic carboxylic acids is 1. The number of hydrogen-bond acceptors (Lipinski definition) is 3. The molecule has 0 heterocycles. The first-order valence-corrected chi connectivity index (χ1v) is 9.30. The Morgan fingerprint density at radius 1 is 1.25 bits per heavy atom. The van der Waals surface area contributed by atoms with Crippen LogP contribution in [0.15, 0.2) is 11.6 Å². The number of ketones is 1. The van der Waals surface area contributed by atoms with Crippen LogP contribution < -0.4 is 0 Å². The minimum atomic E-state index is -0.734. The van der Waals surface area contributed by atoms with Crippen molar-refractivity contribution >= 4 is 11.8 Å². The molecule has 3 aliphatic carbocycles. The number of aliphatic hydroxyl groups is 1. The molecule has 0 radical (unpaired) electrons. The Bertz CT molecular complexity index is 592. The molecule has 2 N–H and O–H groups in total. The van der Waals surface area contributed by atoms with Crippen molar-refractivity contribution in [3.63, 3.8) is 0 Å². The van der Waals surface area contributed by atoms with Gasteiger partial charge in [-0.1, -0.05) is 32.8 Å². The van der Waals surface area contributed by atoms with E-state index in [-0.39, 0.29) is 34.9 Å². The van der Waals surface area contributed by atoms with E-state index in [2.05, 4.69) is 6.92 Å². The summed E-state index contributed by atoms with van der Waals surface area (Å²) in [5, 5.41) is 20.7. The molecule has 0 bridgehead atoms. The summed E-state index contributed by atoms with van der Waals surface area (Å²) in [7, 11) is 0. The second-order valence-corrected chi connectivity index (χ2v) is 8.99. The Hall–Kier alpha value is -1.16. The third-order valence-electron chi connectivity index (χ3n) is 7.37. The van der Waals surface area contributed by atoms with Gasteiger partial charge in [0.25, 0.3) is 0 Å². The van der Waals surface area contributed by atoms with Crippen LogP contribution in [0.4, 0.5) is 0 Å². The highest BCUT2D eigenvalue weighted by molar-refractivity contribution is 5.94. The summed E-state index contributed by atoms with van der Waals surface area (Å²) in [4.78, 5) is 24.6. The van der Waals surface area contributed by atoms with Crippen LogP contribution in [-0.2, 0) is 9.59 Å². The molecule has 2 saturated carbocycles. The van der Waals surface area contributed by atoms with Crippen LogP contribution in [0.2, 0.25) is 0 Å². The van der Waals surface area contributed by atoms with E-state index in [1.54, 1.807) is 6.08 Å². The third-order valence-corrected chi connectivity index (χ3v) is 7.37. The van der Waals surface area contributed by atoms with Crippen LogP contribution in [0.1, 0.15) is 59.8 Å². The van der Waals surface area contributed by atoms with Crippen molar-refractivity contribution in [1.82, 2.24) is 0 Å². The summed E-state index contributed by atoms with van der Waals surface area (Å²) in [5.41, 5.74) is 0.00884. The Morgan fingerprint density at radius 3 is 2.50 bits per heavy atom. The van der Waals surface area contributed by atoms with Crippen molar-refractivity contribution in [3.8, 4) is 0 Å². The first-order chi connectivity index (χ1) is 11.1. The minimum Gasteiger partial charge on any atom is -0.481 e. The fraction of sp³-hybridized carbons (Fsp3) is 0.800. The predicted octanol–water partition coefficient (Wildman–Crippen LogP) is 3.44. The molecule has 0 aromatic heterocycles. The van der Waals surface area contributed by atoms with Gasteiger partial charge in [0.2, 0.25) is 0 Å². The second-order valence-electron chi connectivity index (χ2n) is 8.99. The fourth-order valence-corrected chi connectivity index (χ4v) is 6.06. The molecule has 0 saturated heterocycles. The first kappa shape index (κ1) is 17.7. The molecule has 2 fully saturated rings. The lowest BCUT2D eigenvalue weighted by atomic mass is 9.46. The van der Waals surface area contributed by atoms with E-state index in [1.165, 1.54) is 0 Å². The van der Waals surface area contributed by atoms with Crippen molar-refractivity contribution in [2.75, 3.05) is 0 Å². The molecule has 6 atom stereocenters. The van der Waals surface area contributed by atoms with Gasteiger partial charge in [-0.05, 0) is 55.9 Å². The van der Waals surface area contributed by atoms with Gasteiger partial charge in [-0.15, -0.1) is 0 Å². The Labute approximate surface area is 144 Å². The van der Waals surface area contributed by atoms with E-state index in [4.69, 9.17) is 0 Å². The average Bonchev–Trinajstić information content (AvgIpc) is 2.47. The van der Waals surface area contributed by atoms with Gasteiger partial charge in [0.15, 0.2) is 5.78 Å². The fourth-order valence-electron chi connectivity index (χ4n) is 6.06. The topological polar surface area (TPSA) is 74.6 Å².